The second-order valence-corrected chi connectivity index (χ2v) is 3.17. The van der Waals surface area contributed by atoms with E-state index in [4.69, 9.17) is 10.5 Å². The van der Waals surface area contributed by atoms with Crippen LogP contribution in [-0.4, -0.2) is 12.2 Å². The minimum atomic E-state index is -0.186. The Bertz CT molecular complexity index is 308. The fraction of sp³-hybridized carbons (Fsp3) is 0.400. The lowest BCUT2D eigenvalue weighted by molar-refractivity contribution is 0.408. The SMILES string of the molecule is COc1cc(C)c(O)c(C(C)N)c1. The zero-order valence-corrected chi connectivity index (χ0v) is 8.16. The molecule has 13 heavy (non-hydrogen) atoms. The van der Waals surface area contributed by atoms with Crippen LogP contribution in [0.15, 0.2) is 12.1 Å². The van der Waals surface area contributed by atoms with Crippen LogP contribution in [0.25, 0.3) is 0 Å². The molecule has 0 saturated carbocycles. The Labute approximate surface area is 78.1 Å². The van der Waals surface area contributed by atoms with Crippen LogP contribution in [0.3, 0.4) is 0 Å². The summed E-state index contributed by atoms with van der Waals surface area (Å²) in [5, 5.41) is 9.65. The van der Waals surface area contributed by atoms with Crippen LogP contribution in [0.4, 0.5) is 0 Å². The Balaban J connectivity index is 3.25. The third-order valence-corrected chi connectivity index (χ3v) is 2.03. The van der Waals surface area contributed by atoms with Crippen molar-refractivity contribution in [1.82, 2.24) is 0 Å². The molecule has 1 unspecified atom stereocenters. The number of aryl methyl sites for hydroxylation is 1. The highest BCUT2D eigenvalue weighted by Gasteiger charge is 2.10. The average molecular weight is 181 g/mol. The van der Waals surface area contributed by atoms with Crippen molar-refractivity contribution >= 4 is 0 Å². The Morgan fingerprint density at radius 2 is 2.08 bits per heavy atom. The zero-order chi connectivity index (χ0) is 10.0. The summed E-state index contributed by atoms with van der Waals surface area (Å²) in [6.07, 6.45) is 0. The number of ether oxygens (including phenoxy) is 1. The first-order valence-electron chi connectivity index (χ1n) is 4.19. The van der Waals surface area contributed by atoms with Crippen molar-refractivity contribution < 1.29 is 9.84 Å². The standard InChI is InChI=1S/C10H15NO2/c1-6-4-8(13-3)5-9(7(2)11)10(6)12/h4-5,7,12H,11H2,1-3H3. The van der Waals surface area contributed by atoms with Crippen molar-refractivity contribution in [3.05, 3.63) is 23.3 Å². The fourth-order valence-corrected chi connectivity index (χ4v) is 1.24. The van der Waals surface area contributed by atoms with Crippen LogP contribution < -0.4 is 10.5 Å². The van der Waals surface area contributed by atoms with Gasteiger partial charge in [0.1, 0.15) is 11.5 Å². The van der Waals surface area contributed by atoms with Gasteiger partial charge in [0, 0.05) is 11.6 Å². The van der Waals surface area contributed by atoms with Gasteiger partial charge in [-0.25, -0.2) is 0 Å². The Kier molecular flexibility index (Phi) is 2.78. The van der Waals surface area contributed by atoms with Crippen molar-refractivity contribution in [2.24, 2.45) is 5.73 Å². The van der Waals surface area contributed by atoms with Gasteiger partial charge in [-0.15, -0.1) is 0 Å². The molecule has 0 fully saturated rings. The summed E-state index contributed by atoms with van der Waals surface area (Å²) in [7, 11) is 1.59. The molecule has 0 aliphatic carbocycles. The maximum Gasteiger partial charge on any atom is 0.123 e. The molecule has 3 heteroatoms. The van der Waals surface area contributed by atoms with E-state index in [1.807, 2.05) is 13.8 Å². The molecule has 1 aromatic carbocycles. The number of phenols is 1. The molecule has 0 saturated heterocycles. The highest BCUT2D eigenvalue weighted by molar-refractivity contribution is 5.46. The first kappa shape index (κ1) is 9.86. The van der Waals surface area contributed by atoms with Crippen LogP contribution in [0, 0.1) is 6.92 Å². The quantitative estimate of drug-likeness (QED) is 0.730. The fourth-order valence-electron chi connectivity index (χ4n) is 1.24. The summed E-state index contributed by atoms with van der Waals surface area (Å²) >= 11 is 0. The van der Waals surface area contributed by atoms with Crippen LogP contribution in [0.1, 0.15) is 24.1 Å². The summed E-state index contributed by atoms with van der Waals surface area (Å²) in [6.45, 7) is 3.65. The van der Waals surface area contributed by atoms with Gasteiger partial charge in [-0.1, -0.05) is 0 Å². The third kappa shape index (κ3) is 1.92. The molecule has 0 heterocycles. The van der Waals surface area contributed by atoms with Gasteiger partial charge < -0.3 is 15.6 Å². The molecule has 0 spiro atoms. The van der Waals surface area contributed by atoms with Crippen LogP contribution in [0.5, 0.6) is 11.5 Å². The van der Waals surface area contributed by atoms with Gasteiger partial charge in [0.25, 0.3) is 0 Å². The normalized spacial score (nSPS) is 12.6. The smallest absolute Gasteiger partial charge is 0.123 e. The maximum absolute atomic E-state index is 9.65. The molecule has 0 radical (unpaired) electrons. The summed E-state index contributed by atoms with van der Waals surface area (Å²) in [5.74, 6) is 0.985. The molecule has 0 bridgehead atoms. The lowest BCUT2D eigenvalue weighted by Gasteiger charge is -2.12. The van der Waals surface area contributed by atoms with Gasteiger partial charge in [-0.3, -0.25) is 0 Å². The number of hydrogen-bond acceptors (Lipinski definition) is 3. The highest BCUT2D eigenvalue weighted by atomic mass is 16.5. The minimum Gasteiger partial charge on any atom is -0.507 e. The van der Waals surface area contributed by atoms with Crippen molar-refractivity contribution in [3.8, 4) is 11.5 Å². The van der Waals surface area contributed by atoms with E-state index in [-0.39, 0.29) is 11.8 Å². The predicted octanol–water partition coefficient (Wildman–Crippen LogP) is 1.73. The number of aromatic hydroxyl groups is 1. The van der Waals surface area contributed by atoms with E-state index in [9.17, 15) is 5.11 Å². The highest BCUT2D eigenvalue weighted by Crippen LogP contribution is 2.30. The number of nitrogens with two attached hydrogens (primary N) is 1. The van der Waals surface area contributed by atoms with Crippen molar-refractivity contribution in [2.75, 3.05) is 7.11 Å². The lowest BCUT2D eigenvalue weighted by atomic mass is 10.0. The first-order chi connectivity index (χ1) is 6.06. The molecule has 0 aliphatic rings. The minimum absolute atomic E-state index is 0.186. The topological polar surface area (TPSA) is 55.5 Å². The molecule has 0 aliphatic heterocycles. The van der Waals surface area contributed by atoms with Crippen LogP contribution in [0.2, 0.25) is 0 Å². The Morgan fingerprint density at radius 1 is 1.46 bits per heavy atom. The molecule has 1 atom stereocenters. The van der Waals surface area contributed by atoms with Crippen LogP contribution >= 0.6 is 0 Å². The third-order valence-electron chi connectivity index (χ3n) is 2.03. The predicted molar refractivity (Wildman–Crippen MR) is 52.0 cm³/mol. The first-order valence-corrected chi connectivity index (χ1v) is 4.19. The summed E-state index contributed by atoms with van der Waals surface area (Å²) in [5.41, 5.74) is 7.19. The van der Waals surface area contributed by atoms with Crippen molar-refractivity contribution in [3.63, 3.8) is 0 Å². The second kappa shape index (κ2) is 3.66. The van der Waals surface area contributed by atoms with Crippen molar-refractivity contribution in [2.45, 2.75) is 19.9 Å². The van der Waals surface area contributed by atoms with Gasteiger partial charge in [0.2, 0.25) is 0 Å². The number of phenolic OH excluding ortho intramolecular Hbond substituents is 1. The van der Waals surface area contributed by atoms with Gasteiger partial charge >= 0.3 is 0 Å². The number of methoxy groups -OCH3 is 1. The van der Waals surface area contributed by atoms with E-state index in [0.717, 1.165) is 16.9 Å². The number of benzene rings is 1. The van der Waals surface area contributed by atoms with Crippen LogP contribution in [-0.2, 0) is 0 Å². The molecule has 72 valence electrons. The Hall–Kier alpha value is -1.22. The summed E-state index contributed by atoms with van der Waals surface area (Å²) in [4.78, 5) is 0. The monoisotopic (exact) mass is 181 g/mol. The second-order valence-electron chi connectivity index (χ2n) is 3.17. The van der Waals surface area contributed by atoms with Crippen molar-refractivity contribution in [1.29, 1.82) is 0 Å². The molecule has 0 aromatic heterocycles. The largest absolute Gasteiger partial charge is 0.507 e. The van der Waals surface area contributed by atoms with E-state index < -0.39 is 0 Å². The van der Waals surface area contributed by atoms with E-state index in [2.05, 4.69) is 0 Å². The van der Waals surface area contributed by atoms with Gasteiger partial charge in [0.05, 0.1) is 7.11 Å². The van der Waals surface area contributed by atoms with E-state index in [0.29, 0.717) is 0 Å². The Morgan fingerprint density at radius 3 is 2.54 bits per heavy atom. The van der Waals surface area contributed by atoms with E-state index in [1.165, 1.54) is 0 Å². The van der Waals surface area contributed by atoms with Gasteiger partial charge in [-0.2, -0.15) is 0 Å². The molecule has 1 rings (SSSR count). The molecule has 1 aromatic rings. The average Bonchev–Trinajstić information content (AvgIpc) is 2.09. The molecule has 3 nitrogen and oxygen atoms in total. The number of rotatable bonds is 2. The van der Waals surface area contributed by atoms with Gasteiger partial charge in [0.15, 0.2) is 0 Å². The number of hydrogen-bond donors (Lipinski definition) is 2. The lowest BCUT2D eigenvalue weighted by Crippen LogP contribution is -2.06. The summed E-state index contributed by atoms with van der Waals surface area (Å²) < 4.78 is 5.07. The molecule has 3 N–H and O–H groups in total. The molecular formula is C10H15NO2. The zero-order valence-electron chi connectivity index (χ0n) is 8.16. The summed E-state index contributed by atoms with van der Waals surface area (Å²) in [6, 6.07) is 3.35. The van der Waals surface area contributed by atoms with E-state index >= 15 is 0 Å². The maximum atomic E-state index is 9.65. The molecule has 0 amide bonds. The van der Waals surface area contributed by atoms with Gasteiger partial charge in [-0.05, 0) is 31.5 Å². The molecular weight excluding hydrogens is 166 g/mol. The van der Waals surface area contributed by atoms with E-state index in [1.54, 1.807) is 19.2 Å².